The van der Waals surface area contributed by atoms with Crippen molar-refractivity contribution in [1.82, 2.24) is 4.98 Å². The molecule has 92 valence electrons. The Hall–Kier alpha value is -1.95. The van der Waals surface area contributed by atoms with Gasteiger partial charge in [-0.25, -0.2) is 14.2 Å². The number of pyridine rings is 1. The fourth-order valence-electron chi connectivity index (χ4n) is 1.24. The lowest BCUT2D eigenvalue weighted by Gasteiger charge is -2.06. The topological polar surface area (TPSA) is 59.4 Å². The van der Waals surface area contributed by atoms with Crippen LogP contribution in [0.2, 0.25) is 0 Å². The monoisotopic (exact) mass is 311 g/mol. The van der Waals surface area contributed by atoms with Crippen molar-refractivity contribution in [3.8, 4) is 11.6 Å². The highest BCUT2D eigenvalue weighted by atomic mass is 79.9. The van der Waals surface area contributed by atoms with E-state index in [2.05, 4.69) is 20.9 Å². The van der Waals surface area contributed by atoms with Crippen molar-refractivity contribution in [3.05, 3.63) is 52.4 Å². The van der Waals surface area contributed by atoms with Gasteiger partial charge in [-0.05, 0) is 24.3 Å². The SMILES string of the molecule is O=C(O)c1ccc(Oc2cc(Br)ccc2F)nc1. The first-order valence-corrected chi connectivity index (χ1v) is 5.68. The summed E-state index contributed by atoms with van der Waals surface area (Å²) < 4.78 is 19.3. The van der Waals surface area contributed by atoms with Crippen LogP contribution in [-0.4, -0.2) is 16.1 Å². The fraction of sp³-hybridized carbons (Fsp3) is 0. The predicted octanol–water partition coefficient (Wildman–Crippen LogP) is 3.47. The Morgan fingerprint density at radius 3 is 2.72 bits per heavy atom. The summed E-state index contributed by atoms with van der Waals surface area (Å²) >= 11 is 3.20. The molecular formula is C12H7BrFNO3. The van der Waals surface area contributed by atoms with Crippen LogP contribution in [0.15, 0.2) is 41.0 Å². The van der Waals surface area contributed by atoms with E-state index < -0.39 is 11.8 Å². The third kappa shape index (κ3) is 2.84. The van der Waals surface area contributed by atoms with Gasteiger partial charge >= 0.3 is 5.97 Å². The number of ether oxygens (including phenoxy) is 1. The second-order valence-corrected chi connectivity index (χ2v) is 4.28. The van der Waals surface area contributed by atoms with Gasteiger partial charge in [0.2, 0.25) is 5.88 Å². The van der Waals surface area contributed by atoms with Crippen molar-refractivity contribution >= 4 is 21.9 Å². The number of aromatic nitrogens is 1. The number of carboxylic acids is 1. The van der Waals surface area contributed by atoms with E-state index in [-0.39, 0.29) is 17.2 Å². The molecule has 18 heavy (non-hydrogen) atoms. The number of hydrogen-bond acceptors (Lipinski definition) is 3. The zero-order valence-electron chi connectivity index (χ0n) is 8.93. The lowest BCUT2D eigenvalue weighted by Crippen LogP contribution is -1.97. The molecule has 1 N–H and O–H groups in total. The zero-order valence-corrected chi connectivity index (χ0v) is 10.5. The summed E-state index contributed by atoms with van der Waals surface area (Å²) in [6.07, 6.45) is 1.15. The summed E-state index contributed by atoms with van der Waals surface area (Å²) in [6, 6.07) is 6.96. The highest BCUT2D eigenvalue weighted by molar-refractivity contribution is 9.10. The van der Waals surface area contributed by atoms with Gasteiger partial charge in [0.15, 0.2) is 11.6 Å². The molecule has 2 rings (SSSR count). The Morgan fingerprint density at radius 2 is 2.11 bits per heavy atom. The molecule has 0 spiro atoms. The van der Waals surface area contributed by atoms with Crippen LogP contribution in [0.3, 0.4) is 0 Å². The first-order valence-electron chi connectivity index (χ1n) is 4.88. The van der Waals surface area contributed by atoms with E-state index in [1.165, 1.54) is 24.3 Å². The Balaban J connectivity index is 2.23. The van der Waals surface area contributed by atoms with Crippen molar-refractivity contribution in [3.63, 3.8) is 0 Å². The second-order valence-electron chi connectivity index (χ2n) is 3.37. The lowest BCUT2D eigenvalue weighted by atomic mass is 10.3. The summed E-state index contributed by atoms with van der Waals surface area (Å²) in [4.78, 5) is 14.4. The van der Waals surface area contributed by atoms with Crippen LogP contribution in [0.25, 0.3) is 0 Å². The molecule has 0 saturated carbocycles. The van der Waals surface area contributed by atoms with Gasteiger partial charge in [0.1, 0.15) is 0 Å². The molecular weight excluding hydrogens is 305 g/mol. The Kier molecular flexibility index (Phi) is 3.57. The Bertz CT molecular complexity index is 586. The standard InChI is InChI=1S/C12H7BrFNO3/c13-8-2-3-9(14)10(5-8)18-11-4-1-7(6-15-11)12(16)17/h1-6H,(H,16,17). The molecule has 1 aromatic heterocycles. The van der Waals surface area contributed by atoms with E-state index in [0.29, 0.717) is 4.47 Å². The number of halogens is 2. The van der Waals surface area contributed by atoms with Gasteiger partial charge in [0.25, 0.3) is 0 Å². The van der Waals surface area contributed by atoms with Crippen LogP contribution in [0.1, 0.15) is 10.4 Å². The maximum absolute atomic E-state index is 13.4. The maximum atomic E-state index is 13.4. The molecule has 6 heteroatoms. The number of carbonyl (C=O) groups is 1. The minimum Gasteiger partial charge on any atom is -0.478 e. The molecule has 1 heterocycles. The van der Waals surface area contributed by atoms with Crippen LogP contribution in [0, 0.1) is 5.82 Å². The second kappa shape index (κ2) is 5.14. The van der Waals surface area contributed by atoms with E-state index >= 15 is 0 Å². The van der Waals surface area contributed by atoms with E-state index in [0.717, 1.165) is 6.20 Å². The highest BCUT2D eigenvalue weighted by Gasteiger charge is 2.08. The van der Waals surface area contributed by atoms with Gasteiger partial charge in [0.05, 0.1) is 5.56 Å². The Labute approximate surface area is 110 Å². The average Bonchev–Trinajstić information content (AvgIpc) is 2.34. The number of aromatic carboxylic acids is 1. The van der Waals surface area contributed by atoms with Crippen LogP contribution in [-0.2, 0) is 0 Å². The number of rotatable bonds is 3. The predicted molar refractivity (Wildman–Crippen MR) is 65.4 cm³/mol. The van der Waals surface area contributed by atoms with Crippen LogP contribution < -0.4 is 4.74 Å². The van der Waals surface area contributed by atoms with Gasteiger partial charge in [0, 0.05) is 16.7 Å². The Morgan fingerprint density at radius 1 is 1.33 bits per heavy atom. The number of carboxylic acid groups (broad SMARTS) is 1. The molecule has 0 bridgehead atoms. The molecule has 0 unspecified atom stereocenters. The molecule has 0 aliphatic carbocycles. The van der Waals surface area contributed by atoms with Crippen LogP contribution >= 0.6 is 15.9 Å². The molecule has 0 amide bonds. The quantitative estimate of drug-likeness (QED) is 0.943. The van der Waals surface area contributed by atoms with Gasteiger partial charge in [-0.2, -0.15) is 0 Å². The number of hydrogen-bond donors (Lipinski definition) is 1. The van der Waals surface area contributed by atoms with Crippen molar-refractivity contribution < 1.29 is 19.0 Å². The number of nitrogens with zero attached hydrogens (tertiary/aromatic N) is 1. The summed E-state index contributed by atoms with van der Waals surface area (Å²) in [5.74, 6) is -1.47. The highest BCUT2D eigenvalue weighted by Crippen LogP contribution is 2.26. The molecule has 0 aliphatic rings. The van der Waals surface area contributed by atoms with Crippen molar-refractivity contribution in [2.45, 2.75) is 0 Å². The molecule has 2 aromatic rings. The minimum absolute atomic E-state index is 0.0138. The van der Waals surface area contributed by atoms with E-state index in [1.54, 1.807) is 6.07 Å². The summed E-state index contributed by atoms with van der Waals surface area (Å²) in [5, 5.41) is 8.70. The largest absolute Gasteiger partial charge is 0.478 e. The molecule has 0 saturated heterocycles. The number of benzene rings is 1. The molecule has 0 fully saturated rings. The minimum atomic E-state index is -1.08. The van der Waals surface area contributed by atoms with Gasteiger partial charge in [-0.3, -0.25) is 0 Å². The molecule has 4 nitrogen and oxygen atoms in total. The molecule has 0 aliphatic heterocycles. The zero-order chi connectivity index (χ0) is 13.1. The first-order chi connectivity index (χ1) is 8.56. The van der Waals surface area contributed by atoms with Gasteiger partial charge in [-0.1, -0.05) is 15.9 Å². The normalized spacial score (nSPS) is 10.1. The van der Waals surface area contributed by atoms with Gasteiger partial charge in [-0.15, -0.1) is 0 Å². The molecule has 0 radical (unpaired) electrons. The van der Waals surface area contributed by atoms with E-state index in [1.807, 2.05) is 0 Å². The lowest BCUT2D eigenvalue weighted by molar-refractivity contribution is 0.0696. The van der Waals surface area contributed by atoms with Crippen molar-refractivity contribution in [1.29, 1.82) is 0 Å². The van der Waals surface area contributed by atoms with Crippen molar-refractivity contribution in [2.75, 3.05) is 0 Å². The summed E-state index contributed by atoms with van der Waals surface area (Å²) in [7, 11) is 0. The summed E-state index contributed by atoms with van der Waals surface area (Å²) in [5.41, 5.74) is 0.0389. The maximum Gasteiger partial charge on any atom is 0.337 e. The van der Waals surface area contributed by atoms with Crippen LogP contribution in [0.4, 0.5) is 4.39 Å². The van der Waals surface area contributed by atoms with Gasteiger partial charge < -0.3 is 9.84 Å². The van der Waals surface area contributed by atoms with Crippen LogP contribution in [0.5, 0.6) is 11.6 Å². The molecule has 0 atom stereocenters. The molecule has 1 aromatic carbocycles. The third-order valence-electron chi connectivity index (χ3n) is 2.09. The smallest absolute Gasteiger partial charge is 0.337 e. The van der Waals surface area contributed by atoms with Crippen molar-refractivity contribution in [2.24, 2.45) is 0 Å². The first kappa shape index (κ1) is 12.5. The third-order valence-corrected chi connectivity index (χ3v) is 2.58. The summed E-state index contributed by atoms with van der Waals surface area (Å²) in [6.45, 7) is 0. The average molecular weight is 312 g/mol. The van der Waals surface area contributed by atoms with E-state index in [9.17, 15) is 9.18 Å². The van der Waals surface area contributed by atoms with E-state index in [4.69, 9.17) is 9.84 Å². The fourth-order valence-corrected chi connectivity index (χ4v) is 1.58.